The minimum atomic E-state index is 0.458. The molecule has 15 heavy (non-hydrogen) atoms. The van der Waals surface area contributed by atoms with Crippen LogP contribution < -0.4 is 10.6 Å². The van der Waals surface area contributed by atoms with Gasteiger partial charge in [0.15, 0.2) is 0 Å². The van der Waals surface area contributed by atoms with Crippen LogP contribution in [0.2, 0.25) is 5.15 Å². The molecule has 1 aromatic rings. The Balaban J connectivity index is 2.81. The molecular weight excluding hydrogens is 210 g/mol. The summed E-state index contributed by atoms with van der Waals surface area (Å²) in [5.41, 5.74) is 6.40. The molecule has 0 radical (unpaired) electrons. The number of unbranched alkanes of at least 4 members (excludes halogenated alkanes) is 1. The van der Waals surface area contributed by atoms with E-state index in [9.17, 15) is 0 Å². The maximum atomic E-state index is 5.87. The number of nitrogens with zero attached hydrogens (tertiary/aromatic N) is 2. The molecule has 0 unspecified atom stereocenters. The molecule has 0 atom stereocenters. The molecule has 0 aliphatic carbocycles. The lowest BCUT2D eigenvalue weighted by molar-refractivity contribution is 0.724. The zero-order chi connectivity index (χ0) is 11.3. The molecule has 0 bridgehead atoms. The standard InChI is InChI=1S/C11H18ClN3/c1-3-5-6-15(4-2)11-8-9(13)7-10(12)14-11/h7-8H,3-6H2,1-2H3,(H2,13,14). The number of anilines is 2. The third kappa shape index (κ3) is 3.59. The van der Waals surface area contributed by atoms with Crippen molar-refractivity contribution < 1.29 is 0 Å². The number of rotatable bonds is 5. The number of pyridine rings is 1. The van der Waals surface area contributed by atoms with Crippen LogP contribution in [0.5, 0.6) is 0 Å². The smallest absolute Gasteiger partial charge is 0.133 e. The van der Waals surface area contributed by atoms with Gasteiger partial charge in [-0.15, -0.1) is 0 Å². The summed E-state index contributed by atoms with van der Waals surface area (Å²) in [6.07, 6.45) is 2.33. The number of halogens is 1. The van der Waals surface area contributed by atoms with Gasteiger partial charge in [-0.1, -0.05) is 24.9 Å². The molecule has 2 N–H and O–H groups in total. The lowest BCUT2D eigenvalue weighted by Gasteiger charge is -2.22. The van der Waals surface area contributed by atoms with E-state index in [0.29, 0.717) is 10.8 Å². The van der Waals surface area contributed by atoms with Crippen LogP contribution in [0.15, 0.2) is 12.1 Å². The molecule has 1 heterocycles. The normalized spacial score (nSPS) is 10.3. The second-order valence-electron chi connectivity index (χ2n) is 3.51. The second-order valence-corrected chi connectivity index (χ2v) is 3.90. The fourth-order valence-corrected chi connectivity index (χ4v) is 1.66. The van der Waals surface area contributed by atoms with Crippen LogP contribution in [0.25, 0.3) is 0 Å². The molecule has 0 saturated heterocycles. The van der Waals surface area contributed by atoms with Crippen LogP contribution in [-0.4, -0.2) is 18.1 Å². The van der Waals surface area contributed by atoms with E-state index in [0.717, 1.165) is 25.3 Å². The topological polar surface area (TPSA) is 42.1 Å². The summed E-state index contributed by atoms with van der Waals surface area (Å²) in [6, 6.07) is 3.53. The van der Waals surface area contributed by atoms with Crippen LogP contribution in [0, 0.1) is 0 Å². The van der Waals surface area contributed by atoms with E-state index < -0.39 is 0 Å². The van der Waals surface area contributed by atoms with E-state index in [4.69, 9.17) is 17.3 Å². The van der Waals surface area contributed by atoms with Gasteiger partial charge < -0.3 is 10.6 Å². The Bertz CT molecular complexity index is 294. The van der Waals surface area contributed by atoms with E-state index in [1.165, 1.54) is 6.42 Å². The van der Waals surface area contributed by atoms with Crippen molar-refractivity contribution in [2.75, 3.05) is 23.7 Å². The van der Waals surface area contributed by atoms with Gasteiger partial charge in [-0.25, -0.2) is 4.98 Å². The van der Waals surface area contributed by atoms with Crippen LogP contribution in [0.4, 0.5) is 11.5 Å². The van der Waals surface area contributed by atoms with Crippen molar-refractivity contribution in [3.8, 4) is 0 Å². The summed E-state index contributed by atoms with van der Waals surface area (Å²) in [5, 5.41) is 0.458. The van der Waals surface area contributed by atoms with Crippen molar-refractivity contribution in [1.29, 1.82) is 0 Å². The SMILES string of the molecule is CCCCN(CC)c1cc(N)cc(Cl)n1. The summed E-state index contributed by atoms with van der Waals surface area (Å²) in [4.78, 5) is 6.46. The van der Waals surface area contributed by atoms with Gasteiger partial charge in [0.1, 0.15) is 11.0 Å². The monoisotopic (exact) mass is 227 g/mol. The summed E-state index contributed by atoms with van der Waals surface area (Å²) < 4.78 is 0. The third-order valence-electron chi connectivity index (χ3n) is 2.29. The number of nitrogens with two attached hydrogens (primary N) is 1. The fraction of sp³-hybridized carbons (Fsp3) is 0.545. The van der Waals surface area contributed by atoms with Gasteiger partial charge in [0, 0.05) is 24.8 Å². The van der Waals surface area contributed by atoms with Crippen LogP contribution in [0.3, 0.4) is 0 Å². The first-order valence-electron chi connectivity index (χ1n) is 5.35. The van der Waals surface area contributed by atoms with E-state index in [-0.39, 0.29) is 0 Å². The molecule has 0 aliphatic rings. The highest BCUT2D eigenvalue weighted by Crippen LogP contribution is 2.19. The van der Waals surface area contributed by atoms with E-state index >= 15 is 0 Å². The minimum Gasteiger partial charge on any atom is -0.399 e. The largest absolute Gasteiger partial charge is 0.399 e. The Labute approximate surface area is 96.2 Å². The first kappa shape index (κ1) is 12.1. The molecule has 0 saturated carbocycles. The van der Waals surface area contributed by atoms with Crippen LogP contribution in [0.1, 0.15) is 26.7 Å². The van der Waals surface area contributed by atoms with E-state index in [2.05, 4.69) is 23.7 Å². The van der Waals surface area contributed by atoms with Gasteiger partial charge in [-0.2, -0.15) is 0 Å². The Morgan fingerprint density at radius 3 is 2.67 bits per heavy atom. The predicted molar refractivity (Wildman–Crippen MR) is 66.5 cm³/mol. The number of nitrogen functional groups attached to an aromatic ring is 1. The van der Waals surface area contributed by atoms with Crippen LogP contribution in [-0.2, 0) is 0 Å². The second kappa shape index (κ2) is 5.81. The first-order chi connectivity index (χ1) is 7.17. The summed E-state index contributed by atoms with van der Waals surface area (Å²) in [6.45, 7) is 6.20. The average Bonchev–Trinajstić information content (AvgIpc) is 2.17. The molecule has 84 valence electrons. The van der Waals surface area contributed by atoms with Crippen molar-refractivity contribution in [3.63, 3.8) is 0 Å². The quantitative estimate of drug-likeness (QED) is 0.787. The van der Waals surface area contributed by atoms with Crippen molar-refractivity contribution in [2.45, 2.75) is 26.7 Å². The average molecular weight is 228 g/mol. The fourth-order valence-electron chi connectivity index (χ4n) is 1.45. The molecule has 3 nitrogen and oxygen atoms in total. The Hall–Kier alpha value is -0.960. The molecule has 0 aliphatic heterocycles. The Morgan fingerprint density at radius 2 is 2.13 bits per heavy atom. The van der Waals surface area contributed by atoms with Gasteiger partial charge in [-0.05, 0) is 19.4 Å². The Morgan fingerprint density at radius 1 is 1.40 bits per heavy atom. The number of hydrogen-bond acceptors (Lipinski definition) is 3. The molecule has 0 fully saturated rings. The van der Waals surface area contributed by atoms with Gasteiger partial charge in [0.25, 0.3) is 0 Å². The zero-order valence-electron chi connectivity index (χ0n) is 9.33. The summed E-state index contributed by atoms with van der Waals surface area (Å²) >= 11 is 5.87. The summed E-state index contributed by atoms with van der Waals surface area (Å²) in [5.74, 6) is 0.871. The molecule has 0 spiro atoms. The zero-order valence-corrected chi connectivity index (χ0v) is 10.1. The van der Waals surface area contributed by atoms with E-state index in [1.807, 2.05) is 6.07 Å². The first-order valence-corrected chi connectivity index (χ1v) is 5.73. The molecule has 1 aromatic heterocycles. The highest BCUT2D eigenvalue weighted by Gasteiger charge is 2.06. The van der Waals surface area contributed by atoms with Crippen molar-refractivity contribution in [3.05, 3.63) is 17.3 Å². The Kier molecular flexibility index (Phi) is 4.69. The van der Waals surface area contributed by atoms with Crippen molar-refractivity contribution in [2.24, 2.45) is 0 Å². The molecule has 0 amide bonds. The van der Waals surface area contributed by atoms with E-state index in [1.54, 1.807) is 6.07 Å². The number of aromatic nitrogens is 1. The van der Waals surface area contributed by atoms with Crippen molar-refractivity contribution >= 4 is 23.1 Å². The molecule has 4 heteroatoms. The molecule has 0 aromatic carbocycles. The molecular formula is C11H18ClN3. The van der Waals surface area contributed by atoms with Gasteiger partial charge >= 0.3 is 0 Å². The van der Waals surface area contributed by atoms with Crippen molar-refractivity contribution in [1.82, 2.24) is 4.98 Å². The van der Waals surface area contributed by atoms with Gasteiger partial charge in [0.2, 0.25) is 0 Å². The third-order valence-corrected chi connectivity index (χ3v) is 2.48. The predicted octanol–water partition coefficient (Wildman–Crippen LogP) is 2.94. The maximum absolute atomic E-state index is 5.87. The highest BCUT2D eigenvalue weighted by atomic mass is 35.5. The van der Waals surface area contributed by atoms with Crippen LogP contribution >= 0.6 is 11.6 Å². The van der Waals surface area contributed by atoms with Gasteiger partial charge in [-0.3, -0.25) is 0 Å². The molecule has 1 rings (SSSR count). The highest BCUT2D eigenvalue weighted by molar-refractivity contribution is 6.29. The maximum Gasteiger partial charge on any atom is 0.133 e. The number of hydrogen-bond donors (Lipinski definition) is 1. The summed E-state index contributed by atoms with van der Waals surface area (Å²) in [7, 11) is 0. The van der Waals surface area contributed by atoms with Gasteiger partial charge in [0.05, 0.1) is 0 Å². The lowest BCUT2D eigenvalue weighted by atomic mass is 10.3. The lowest BCUT2D eigenvalue weighted by Crippen LogP contribution is -2.24. The minimum absolute atomic E-state index is 0.458.